The predicted octanol–water partition coefficient (Wildman–Crippen LogP) is 3.28. The number of esters is 1. The Kier molecular flexibility index (Phi) is 12.5. The summed E-state index contributed by atoms with van der Waals surface area (Å²) in [4.78, 5) is 22.0. The van der Waals surface area contributed by atoms with E-state index in [2.05, 4.69) is 11.3 Å². The van der Waals surface area contributed by atoms with Gasteiger partial charge in [-0.05, 0) is 18.6 Å². The highest BCUT2D eigenvalue weighted by Crippen LogP contribution is 2.10. The smallest absolute Gasteiger partial charge is 0.334 e. The SMILES string of the molecule is C=C/C=C(\C=C/C)/C=C(\CC(=O)O)C(=O)OC.CC. The first-order valence-corrected chi connectivity index (χ1v) is 6.01. The number of hydrogen-bond donors (Lipinski definition) is 1. The van der Waals surface area contributed by atoms with Crippen LogP contribution in [0.4, 0.5) is 0 Å². The van der Waals surface area contributed by atoms with Crippen molar-refractivity contribution in [1.82, 2.24) is 0 Å². The van der Waals surface area contributed by atoms with E-state index in [1.54, 1.807) is 24.3 Å². The van der Waals surface area contributed by atoms with Gasteiger partial charge in [0.1, 0.15) is 0 Å². The van der Waals surface area contributed by atoms with Crippen molar-refractivity contribution in [3.8, 4) is 0 Å². The van der Waals surface area contributed by atoms with E-state index in [0.29, 0.717) is 5.57 Å². The molecule has 0 radical (unpaired) electrons. The predicted molar refractivity (Wildman–Crippen MR) is 76.8 cm³/mol. The number of carbonyl (C=O) groups is 2. The fourth-order valence-corrected chi connectivity index (χ4v) is 1.16. The number of hydrogen-bond acceptors (Lipinski definition) is 3. The van der Waals surface area contributed by atoms with Crippen LogP contribution < -0.4 is 0 Å². The van der Waals surface area contributed by atoms with E-state index in [0.717, 1.165) is 0 Å². The third kappa shape index (κ3) is 9.59. The van der Waals surface area contributed by atoms with Gasteiger partial charge in [0.2, 0.25) is 0 Å². The van der Waals surface area contributed by atoms with Crippen LogP contribution in [-0.4, -0.2) is 24.2 Å². The van der Waals surface area contributed by atoms with Crippen molar-refractivity contribution >= 4 is 11.9 Å². The first kappa shape index (κ1) is 19.2. The van der Waals surface area contributed by atoms with Crippen molar-refractivity contribution < 1.29 is 19.4 Å². The molecule has 0 spiro atoms. The lowest BCUT2D eigenvalue weighted by atomic mass is 10.1. The van der Waals surface area contributed by atoms with Gasteiger partial charge in [-0.25, -0.2) is 4.79 Å². The highest BCUT2D eigenvalue weighted by molar-refractivity contribution is 5.94. The molecular weight excluding hydrogens is 244 g/mol. The zero-order valence-corrected chi connectivity index (χ0v) is 12.0. The molecule has 0 fully saturated rings. The third-order valence-electron chi connectivity index (χ3n) is 1.80. The van der Waals surface area contributed by atoms with Crippen molar-refractivity contribution in [2.75, 3.05) is 7.11 Å². The second kappa shape index (κ2) is 12.4. The molecule has 0 unspecified atom stereocenters. The van der Waals surface area contributed by atoms with Crippen LogP contribution in [0.5, 0.6) is 0 Å². The van der Waals surface area contributed by atoms with E-state index < -0.39 is 11.9 Å². The molecule has 1 N–H and O–H groups in total. The van der Waals surface area contributed by atoms with Gasteiger partial charge in [0.15, 0.2) is 0 Å². The van der Waals surface area contributed by atoms with Gasteiger partial charge >= 0.3 is 11.9 Å². The van der Waals surface area contributed by atoms with Crippen LogP contribution in [0, 0.1) is 0 Å². The van der Waals surface area contributed by atoms with Gasteiger partial charge in [-0.1, -0.05) is 44.7 Å². The van der Waals surface area contributed by atoms with Crippen LogP contribution >= 0.6 is 0 Å². The second-order valence-electron chi connectivity index (χ2n) is 3.13. The van der Waals surface area contributed by atoms with Crippen molar-refractivity contribution in [2.45, 2.75) is 27.2 Å². The molecule has 0 heterocycles. The number of allylic oxidation sites excluding steroid dienone is 6. The molecule has 0 aliphatic heterocycles. The molecule has 0 aliphatic rings. The molecule has 0 saturated carbocycles. The molecule has 4 heteroatoms. The van der Waals surface area contributed by atoms with Crippen molar-refractivity contribution in [1.29, 1.82) is 0 Å². The summed E-state index contributed by atoms with van der Waals surface area (Å²) >= 11 is 0. The highest BCUT2D eigenvalue weighted by Gasteiger charge is 2.13. The van der Waals surface area contributed by atoms with Crippen LogP contribution in [0.3, 0.4) is 0 Å². The van der Waals surface area contributed by atoms with Gasteiger partial charge in [-0.15, -0.1) is 0 Å². The summed E-state index contributed by atoms with van der Waals surface area (Å²) in [5.74, 6) is -1.73. The lowest BCUT2D eigenvalue weighted by molar-refractivity contribution is -0.141. The Labute approximate surface area is 114 Å². The molecule has 0 aromatic carbocycles. The van der Waals surface area contributed by atoms with E-state index in [4.69, 9.17) is 5.11 Å². The molecule has 0 atom stereocenters. The van der Waals surface area contributed by atoms with E-state index >= 15 is 0 Å². The first-order valence-electron chi connectivity index (χ1n) is 6.01. The summed E-state index contributed by atoms with van der Waals surface area (Å²) in [7, 11) is 1.21. The quantitative estimate of drug-likeness (QED) is 0.455. The number of aliphatic carboxylic acids is 1. The average molecular weight is 266 g/mol. The molecule has 0 amide bonds. The summed E-state index contributed by atoms with van der Waals surface area (Å²) in [6.07, 6.45) is 7.85. The Hall–Kier alpha value is -2.10. The Morgan fingerprint density at radius 2 is 1.89 bits per heavy atom. The standard InChI is InChI=1S/C13H16O4.C2H6/c1-4-6-10(7-5-2)8-11(9-12(14)15)13(16)17-3;1-2/h4-8H,1,9H2,2-3H3,(H,14,15);1-2H3/b7-5-,10-6+,11-8+;. The molecular formula is C15H22O4. The van der Waals surface area contributed by atoms with Gasteiger partial charge in [0.05, 0.1) is 13.5 Å². The fraction of sp³-hybridized carbons (Fsp3) is 0.333. The molecule has 19 heavy (non-hydrogen) atoms. The summed E-state index contributed by atoms with van der Waals surface area (Å²) < 4.78 is 4.52. The molecule has 0 aromatic rings. The zero-order chi connectivity index (χ0) is 15.3. The van der Waals surface area contributed by atoms with Crippen molar-refractivity contribution in [3.63, 3.8) is 0 Å². The number of carboxylic acid groups (broad SMARTS) is 1. The molecule has 0 aliphatic carbocycles. The lowest BCUT2D eigenvalue weighted by Gasteiger charge is -2.03. The van der Waals surface area contributed by atoms with Crippen LogP contribution in [0.1, 0.15) is 27.2 Å². The number of carbonyl (C=O) groups excluding carboxylic acids is 1. The monoisotopic (exact) mass is 266 g/mol. The Bertz CT molecular complexity index is 387. The van der Waals surface area contributed by atoms with Gasteiger partial charge in [-0.3, -0.25) is 4.79 Å². The molecule has 0 rings (SSSR count). The molecule has 0 aromatic heterocycles. The van der Waals surface area contributed by atoms with Gasteiger partial charge in [-0.2, -0.15) is 0 Å². The molecule has 0 bridgehead atoms. The van der Waals surface area contributed by atoms with Gasteiger partial charge in [0, 0.05) is 5.57 Å². The Morgan fingerprint density at radius 1 is 1.32 bits per heavy atom. The number of rotatable bonds is 6. The average Bonchev–Trinajstić information content (AvgIpc) is 2.39. The minimum absolute atomic E-state index is 0.0891. The summed E-state index contributed by atoms with van der Waals surface area (Å²) in [5.41, 5.74) is 0.773. The maximum absolute atomic E-state index is 11.4. The molecule has 4 nitrogen and oxygen atoms in total. The summed E-state index contributed by atoms with van der Waals surface area (Å²) in [6, 6.07) is 0. The molecule has 106 valence electrons. The van der Waals surface area contributed by atoms with Crippen LogP contribution in [0.15, 0.2) is 48.1 Å². The van der Waals surface area contributed by atoms with Crippen LogP contribution in [-0.2, 0) is 14.3 Å². The van der Waals surface area contributed by atoms with Gasteiger partial charge in [0.25, 0.3) is 0 Å². The lowest BCUT2D eigenvalue weighted by Crippen LogP contribution is -2.09. The van der Waals surface area contributed by atoms with Crippen LogP contribution in [0.25, 0.3) is 0 Å². The maximum atomic E-state index is 11.4. The Balaban J connectivity index is 0. The normalized spacial score (nSPS) is 11.6. The highest BCUT2D eigenvalue weighted by atomic mass is 16.5. The topological polar surface area (TPSA) is 63.6 Å². The third-order valence-corrected chi connectivity index (χ3v) is 1.80. The molecule has 0 saturated heterocycles. The number of ether oxygens (including phenoxy) is 1. The maximum Gasteiger partial charge on any atom is 0.334 e. The number of methoxy groups -OCH3 is 1. The van der Waals surface area contributed by atoms with Crippen LogP contribution in [0.2, 0.25) is 0 Å². The van der Waals surface area contributed by atoms with E-state index in [1.165, 1.54) is 13.2 Å². The largest absolute Gasteiger partial charge is 0.481 e. The van der Waals surface area contributed by atoms with E-state index in [-0.39, 0.29) is 12.0 Å². The summed E-state index contributed by atoms with van der Waals surface area (Å²) in [5, 5.41) is 8.69. The fourth-order valence-electron chi connectivity index (χ4n) is 1.16. The number of carboxylic acids is 1. The van der Waals surface area contributed by atoms with Crippen molar-refractivity contribution in [3.05, 3.63) is 48.1 Å². The van der Waals surface area contributed by atoms with Crippen molar-refractivity contribution in [2.24, 2.45) is 0 Å². The first-order chi connectivity index (χ1) is 9.04. The van der Waals surface area contributed by atoms with E-state index in [9.17, 15) is 9.59 Å². The minimum Gasteiger partial charge on any atom is -0.481 e. The zero-order valence-electron chi connectivity index (χ0n) is 12.0. The second-order valence-corrected chi connectivity index (χ2v) is 3.13. The summed E-state index contributed by atoms with van der Waals surface area (Å²) in [6.45, 7) is 9.36. The minimum atomic E-state index is -1.08. The van der Waals surface area contributed by atoms with E-state index in [1.807, 2.05) is 20.8 Å². The Morgan fingerprint density at radius 3 is 2.26 bits per heavy atom. The van der Waals surface area contributed by atoms with Gasteiger partial charge < -0.3 is 9.84 Å².